The standard InChI is InChI=1S/C12H17ClN2O2/c1-8(14)12(16)15-7-11(17-2)9-3-5-10(13)6-4-9/h3-6,8,11H,7,14H2,1-2H3,(H,15,16)/t8-,11?/m0/s1. The molecule has 4 nitrogen and oxygen atoms in total. The van der Waals surface area contributed by atoms with Gasteiger partial charge in [-0.2, -0.15) is 0 Å². The highest BCUT2D eigenvalue weighted by atomic mass is 35.5. The highest BCUT2D eigenvalue weighted by molar-refractivity contribution is 6.30. The van der Waals surface area contributed by atoms with E-state index in [-0.39, 0.29) is 12.0 Å². The average Bonchev–Trinajstić information content (AvgIpc) is 2.31. The van der Waals surface area contributed by atoms with Crippen LogP contribution in [0.2, 0.25) is 5.02 Å². The molecule has 0 saturated carbocycles. The topological polar surface area (TPSA) is 64.3 Å². The Balaban J connectivity index is 2.60. The van der Waals surface area contributed by atoms with E-state index < -0.39 is 6.04 Å². The molecule has 0 saturated heterocycles. The molecule has 1 aromatic carbocycles. The molecule has 0 heterocycles. The monoisotopic (exact) mass is 256 g/mol. The third kappa shape index (κ3) is 4.34. The van der Waals surface area contributed by atoms with Crippen LogP contribution in [-0.4, -0.2) is 25.6 Å². The molecule has 2 atom stereocenters. The molecule has 1 amide bonds. The van der Waals surface area contributed by atoms with Crippen molar-refractivity contribution in [2.75, 3.05) is 13.7 Å². The molecule has 0 radical (unpaired) electrons. The number of nitrogens with one attached hydrogen (secondary N) is 1. The minimum absolute atomic E-state index is 0.194. The fourth-order valence-corrected chi connectivity index (χ4v) is 1.49. The van der Waals surface area contributed by atoms with Gasteiger partial charge in [-0.25, -0.2) is 0 Å². The molecular formula is C12H17ClN2O2. The quantitative estimate of drug-likeness (QED) is 0.839. The van der Waals surface area contributed by atoms with Crippen LogP contribution in [0.15, 0.2) is 24.3 Å². The van der Waals surface area contributed by atoms with Crippen molar-refractivity contribution in [3.05, 3.63) is 34.9 Å². The van der Waals surface area contributed by atoms with Crippen molar-refractivity contribution < 1.29 is 9.53 Å². The predicted octanol–water partition coefficient (Wildman–Crippen LogP) is 1.49. The van der Waals surface area contributed by atoms with Gasteiger partial charge in [0.05, 0.1) is 12.1 Å². The highest BCUT2D eigenvalue weighted by Gasteiger charge is 2.13. The molecule has 94 valence electrons. The van der Waals surface area contributed by atoms with Crippen molar-refractivity contribution in [3.8, 4) is 0 Å². The molecule has 17 heavy (non-hydrogen) atoms. The molecule has 0 bridgehead atoms. The van der Waals surface area contributed by atoms with Gasteiger partial charge in [0.2, 0.25) is 5.91 Å². The van der Waals surface area contributed by atoms with E-state index in [1.54, 1.807) is 26.2 Å². The van der Waals surface area contributed by atoms with Crippen LogP contribution < -0.4 is 11.1 Å². The Kier molecular flexibility index (Phi) is 5.41. The highest BCUT2D eigenvalue weighted by Crippen LogP contribution is 2.18. The number of hydrogen-bond donors (Lipinski definition) is 2. The Labute approximate surface area is 106 Å². The summed E-state index contributed by atoms with van der Waals surface area (Å²) in [5.41, 5.74) is 6.41. The van der Waals surface area contributed by atoms with Crippen LogP contribution in [0.3, 0.4) is 0 Å². The van der Waals surface area contributed by atoms with Crippen molar-refractivity contribution in [1.82, 2.24) is 5.32 Å². The molecule has 0 spiro atoms. The number of nitrogens with two attached hydrogens (primary N) is 1. The molecule has 0 aliphatic rings. The van der Waals surface area contributed by atoms with Crippen molar-refractivity contribution >= 4 is 17.5 Å². The number of halogens is 1. The number of rotatable bonds is 5. The van der Waals surface area contributed by atoms with Crippen LogP contribution in [0.1, 0.15) is 18.6 Å². The lowest BCUT2D eigenvalue weighted by molar-refractivity contribution is -0.122. The van der Waals surface area contributed by atoms with Crippen LogP contribution >= 0.6 is 11.6 Å². The van der Waals surface area contributed by atoms with Crippen molar-refractivity contribution in [1.29, 1.82) is 0 Å². The lowest BCUT2D eigenvalue weighted by atomic mass is 10.1. The summed E-state index contributed by atoms with van der Waals surface area (Å²) in [7, 11) is 1.59. The zero-order valence-corrected chi connectivity index (χ0v) is 10.7. The van der Waals surface area contributed by atoms with E-state index in [9.17, 15) is 4.79 Å². The molecule has 0 aromatic heterocycles. The van der Waals surface area contributed by atoms with Crippen molar-refractivity contribution in [3.63, 3.8) is 0 Å². The second-order valence-corrected chi connectivity index (χ2v) is 4.25. The van der Waals surface area contributed by atoms with Gasteiger partial charge < -0.3 is 15.8 Å². The first-order valence-electron chi connectivity index (χ1n) is 5.36. The lowest BCUT2D eigenvalue weighted by Crippen LogP contribution is -2.40. The Morgan fingerprint density at radius 2 is 2.06 bits per heavy atom. The summed E-state index contributed by atoms with van der Waals surface area (Å²) in [6.45, 7) is 2.03. The third-order valence-electron chi connectivity index (χ3n) is 2.40. The van der Waals surface area contributed by atoms with E-state index in [1.807, 2.05) is 12.1 Å². The largest absolute Gasteiger partial charge is 0.375 e. The minimum atomic E-state index is -0.516. The Bertz CT molecular complexity index is 365. The number of hydrogen-bond acceptors (Lipinski definition) is 3. The molecule has 1 rings (SSSR count). The van der Waals surface area contributed by atoms with Crippen molar-refractivity contribution in [2.45, 2.75) is 19.1 Å². The Hall–Kier alpha value is -1.10. The number of carbonyl (C=O) groups is 1. The Morgan fingerprint density at radius 3 is 2.53 bits per heavy atom. The zero-order chi connectivity index (χ0) is 12.8. The van der Waals surface area contributed by atoms with E-state index in [0.717, 1.165) is 5.56 Å². The summed E-state index contributed by atoms with van der Waals surface area (Å²) in [4.78, 5) is 11.3. The van der Waals surface area contributed by atoms with Gasteiger partial charge in [-0.3, -0.25) is 4.79 Å². The average molecular weight is 257 g/mol. The van der Waals surface area contributed by atoms with Gasteiger partial charge >= 0.3 is 0 Å². The number of benzene rings is 1. The smallest absolute Gasteiger partial charge is 0.236 e. The summed E-state index contributed by atoms with van der Waals surface area (Å²) in [6, 6.07) is 6.80. The van der Waals surface area contributed by atoms with Gasteiger partial charge in [-0.05, 0) is 24.6 Å². The number of carbonyl (C=O) groups excluding carboxylic acids is 1. The minimum Gasteiger partial charge on any atom is -0.375 e. The van der Waals surface area contributed by atoms with Gasteiger partial charge in [0.25, 0.3) is 0 Å². The first-order valence-corrected chi connectivity index (χ1v) is 5.74. The fraction of sp³-hybridized carbons (Fsp3) is 0.417. The van der Waals surface area contributed by atoms with E-state index in [2.05, 4.69) is 5.32 Å². The SMILES string of the molecule is COC(CNC(=O)[C@H](C)N)c1ccc(Cl)cc1. The van der Waals surface area contributed by atoms with Crippen LogP contribution in [0.4, 0.5) is 0 Å². The normalized spacial score (nSPS) is 14.1. The van der Waals surface area contributed by atoms with Gasteiger partial charge in [-0.1, -0.05) is 23.7 Å². The molecule has 3 N–H and O–H groups in total. The van der Waals surface area contributed by atoms with Gasteiger partial charge in [-0.15, -0.1) is 0 Å². The maximum atomic E-state index is 11.3. The first-order chi connectivity index (χ1) is 8.04. The number of methoxy groups -OCH3 is 1. The van der Waals surface area contributed by atoms with Gasteiger partial charge in [0, 0.05) is 18.7 Å². The summed E-state index contributed by atoms with van der Waals surface area (Å²) >= 11 is 5.80. The van der Waals surface area contributed by atoms with E-state index in [4.69, 9.17) is 22.1 Å². The second-order valence-electron chi connectivity index (χ2n) is 3.81. The van der Waals surface area contributed by atoms with Crippen LogP contribution in [0, 0.1) is 0 Å². The van der Waals surface area contributed by atoms with Crippen LogP contribution in [0.5, 0.6) is 0 Å². The van der Waals surface area contributed by atoms with E-state index >= 15 is 0 Å². The second kappa shape index (κ2) is 6.59. The summed E-state index contributed by atoms with van der Waals surface area (Å²) in [6.07, 6.45) is -0.199. The molecule has 1 unspecified atom stereocenters. The molecule has 0 aliphatic heterocycles. The van der Waals surface area contributed by atoms with Gasteiger partial charge in [0.15, 0.2) is 0 Å². The van der Waals surface area contributed by atoms with E-state index in [1.165, 1.54) is 0 Å². The predicted molar refractivity (Wildman–Crippen MR) is 67.9 cm³/mol. The maximum Gasteiger partial charge on any atom is 0.236 e. The zero-order valence-electron chi connectivity index (χ0n) is 9.94. The molecule has 5 heteroatoms. The molecule has 1 aromatic rings. The lowest BCUT2D eigenvalue weighted by Gasteiger charge is -2.17. The van der Waals surface area contributed by atoms with Crippen LogP contribution in [0.25, 0.3) is 0 Å². The number of ether oxygens (including phenoxy) is 1. The molecular weight excluding hydrogens is 240 g/mol. The van der Waals surface area contributed by atoms with Gasteiger partial charge in [0.1, 0.15) is 0 Å². The third-order valence-corrected chi connectivity index (χ3v) is 2.65. The molecule has 0 aliphatic carbocycles. The van der Waals surface area contributed by atoms with E-state index in [0.29, 0.717) is 11.6 Å². The van der Waals surface area contributed by atoms with Crippen molar-refractivity contribution in [2.24, 2.45) is 5.73 Å². The fourth-order valence-electron chi connectivity index (χ4n) is 1.37. The maximum absolute atomic E-state index is 11.3. The number of amides is 1. The molecule has 0 fully saturated rings. The summed E-state index contributed by atoms with van der Waals surface area (Å²) < 4.78 is 5.31. The first kappa shape index (κ1) is 14.0. The summed E-state index contributed by atoms with van der Waals surface area (Å²) in [5.74, 6) is -0.194. The van der Waals surface area contributed by atoms with Crippen LogP contribution in [-0.2, 0) is 9.53 Å². The Morgan fingerprint density at radius 1 is 1.47 bits per heavy atom. The summed E-state index contributed by atoms with van der Waals surface area (Å²) in [5, 5.41) is 3.39.